The molecule has 0 saturated heterocycles. The van der Waals surface area contributed by atoms with Crippen LogP contribution in [0.25, 0.3) is 5.69 Å². The highest BCUT2D eigenvalue weighted by atomic mass is 16.6. The van der Waals surface area contributed by atoms with E-state index in [0.717, 1.165) is 11.3 Å². The van der Waals surface area contributed by atoms with Crippen molar-refractivity contribution in [3.63, 3.8) is 0 Å². The van der Waals surface area contributed by atoms with Gasteiger partial charge in [0, 0.05) is 11.9 Å². The lowest BCUT2D eigenvalue weighted by atomic mass is 10.2. The summed E-state index contributed by atoms with van der Waals surface area (Å²) in [6, 6.07) is 11.8. The van der Waals surface area contributed by atoms with Crippen molar-refractivity contribution in [1.29, 1.82) is 0 Å². The number of methoxy groups -OCH3 is 1. The maximum atomic E-state index is 12.8. The molecule has 0 aliphatic carbocycles. The van der Waals surface area contributed by atoms with E-state index in [0.29, 0.717) is 17.0 Å². The number of para-hydroxylation sites is 1. The third-order valence-corrected chi connectivity index (χ3v) is 4.19. The minimum Gasteiger partial charge on any atom is -0.496 e. The number of nitrogens with one attached hydrogen (secondary N) is 1. The average molecular weight is 366 g/mol. The Labute approximate surface area is 154 Å². The summed E-state index contributed by atoms with van der Waals surface area (Å²) >= 11 is 0. The summed E-state index contributed by atoms with van der Waals surface area (Å²) < 4.78 is 6.45. The van der Waals surface area contributed by atoms with Crippen molar-refractivity contribution in [3.05, 3.63) is 79.8 Å². The van der Waals surface area contributed by atoms with Crippen LogP contribution in [0.5, 0.6) is 5.75 Å². The van der Waals surface area contributed by atoms with Gasteiger partial charge >= 0.3 is 0 Å². The van der Waals surface area contributed by atoms with Gasteiger partial charge in [-0.2, -0.15) is 0 Å². The standard InChI is InChI=1S/C19H18N4O4/c1-12-6-4-5-7-17(12)22-19(24)15(13(2)21-22)11-20-16-9-8-14(27-3)10-18(16)23(25)26/h4-11,21H,1-3H3. The van der Waals surface area contributed by atoms with Crippen LogP contribution in [-0.2, 0) is 0 Å². The topological polar surface area (TPSA) is 103 Å². The normalized spacial score (nSPS) is 11.1. The highest BCUT2D eigenvalue weighted by Gasteiger charge is 2.16. The number of hydrogen-bond donors (Lipinski definition) is 1. The maximum absolute atomic E-state index is 12.8. The summed E-state index contributed by atoms with van der Waals surface area (Å²) in [4.78, 5) is 27.7. The molecule has 0 spiro atoms. The fourth-order valence-electron chi connectivity index (χ4n) is 2.72. The van der Waals surface area contributed by atoms with E-state index in [9.17, 15) is 14.9 Å². The predicted molar refractivity (Wildman–Crippen MR) is 103 cm³/mol. The first kappa shape index (κ1) is 18.1. The molecule has 0 unspecified atom stereocenters. The molecule has 0 radical (unpaired) electrons. The van der Waals surface area contributed by atoms with Crippen molar-refractivity contribution in [2.45, 2.75) is 13.8 Å². The summed E-state index contributed by atoms with van der Waals surface area (Å²) in [5.41, 5.74) is 2.30. The Balaban J connectivity index is 2.04. The molecular formula is C19H18N4O4. The number of H-pyrrole nitrogens is 1. The molecule has 0 aliphatic rings. The fourth-order valence-corrected chi connectivity index (χ4v) is 2.72. The molecule has 0 aliphatic heterocycles. The van der Waals surface area contributed by atoms with E-state index in [-0.39, 0.29) is 16.9 Å². The SMILES string of the molecule is COc1ccc(N=Cc2c(C)[nH]n(-c3ccccc3C)c2=O)c([N+](=O)[O-])c1. The van der Waals surface area contributed by atoms with E-state index in [1.165, 1.54) is 30.1 Å². The van der Waals surface area contributed by atoms with Crippen molar-refractivity contribution in [1.82, 2.24) is 9.78 Å². The predicted octanol–water partition coefficient (Wildman–Crippen LogP) is 3.45. The van der Waals surface area contributed by atoms with Gasteiger partial charge in [0.1, 0.15) is 11.4 Å². The number of nitrogens with zero attached hydrogens (tertiary/aromatic N) is 3. The van der Waals surface area contributed by atoms with Gasteiger partial charge in [-0.25, -0.2) is 9.67 Å². The van der Waals surface area contributed by atoms with Gasteiger partial charge in [0.15, 0.2) is 0 Å². The Morgan fingerprint density at radius 3 is 2.63 bits per heavy atom. The second-order valence-electron chi connectivity index (χ2n) is 5.95. The lowest BCUT2D eigenvalue weighted by molar-refractivity contribution is -0.384. The molecule has 1 N–H and O–H groups in total. The Hall–Kier alpha value is -3.68. The monoisotopic (exact) mass is 366 g/mol. The molecule has 0 amide bonds. The molecule has 0 bridgehead atoms. The molecule has 27 heavy (non-hydrogen) atoms. The summed E-state index contributed by atoms with van der Waals surface area (Å²) in [6.07, 6.45) is 1.34. The number of aliphatic imine (C=N–C) groups is 1. The van der Waals surface area contributed by atoms with Crippen molar-refractivity contribution in [2.75, 3.05) is 7.11 Å². The Bertz CT molecular complexity index is 1100. The summed E-state index contributed by atoms with van der Waals surface area (Å²) in [7, 11) is 1.43. The van der Waals surface area contributed by atoms with Crippen LogP contribution in [0.3, 0.4) is 0 Å². The number of hydrogen-bond acceptors (Lipinski definition) is 5. The van der Waals surface area contributed by atoms with Crippen molar-refractivity contribution in [2.24, 2.45) is 4.99 Å². The number of ether oxygens (including phenoxy) is 1. The van der Waals surface area contributed by atoms with Gasteiger partial charge in [-0.1, -0.05) is 18.2 Å². The van der Waals surface area contributed by atoms with Crippen LogP contribution >= 0.6 is 0 Å². The van der Waals surface area contributed by atoms with Gasteiger partial charge in [0.2, 0.25) is 0 Å². The smallest absolute Gasteiger partial charge is 0.298 e. The van der Waals surface area contributed by atoms with E-state index in [4.69, 9.17) is 4.74 Å². The Morgan fingerprint density at radius 1 is 1.22 bits per heavy atom. The van der Waals surface area contributed by atoms with Gasteiger partial charge in [0.05, 0.1) is 29.4 Å². The van der Waals surface area contributed by atoms with E-state index in [2.05, 4.69) is 10.1 Å². The minimum absolute atomic E-state index is 0.142. The molecule has 2 aromatic carbocycles. The van der Waals surface area contributed by atoms with Gasteiger partial charge in [-0.05, 0) is 37.6 Å². The second-order valence-corrected chi connectivity index (χ2v) is 5.95. The molecule has 8 heteroatoms. The molecule has 3 aromatic rings. The lowest BCUT2D eigenvalue weighted by Gasteiger charge is -2.04. The number of aryl methyl sites for hydroxylation is 2. The first-order valence-corrected chi connectivity index (χ1v) is 8.16. The third kappa shape index (κ3) is 3.50. The van der Waals surface area contributed by atoms with Crippen LogP contribution in [0.15, 0.2) is 52.3 Å². The molecule has 0 saturated carbocycles. The highest BCUT2D eigenvalue weighted by Crippen LogP contribution is 2.31. The molecule has 138 valence electrons. The minimum atomic E-state index is -0.537. The Kier molecular flexibility index (Phi) is 4.89. The van der Waals surface area contributed by atoms with Crippen molar-refractivity contribution >= 4 is 17.6 Å². The van der Waals surface area contributed by atoms with Gasteiger partial charge < -0.3 is 4.74 Å². The van der Waals surface area contributed by atoms with Gasteiger partial charge in [-0.15, -0.1) is 0 Å². The van der Waals surface area contributed by atoms with Crippen LogP contribution in [0.1, 0.15) is 16.8 Å². The zero-order valence-electron chi connectivity index (χ0n) is 15.1. The zero-order chi connectivity index (χ0) is 19.6. The second kappa shape index (κ2) is 7.28. The van der Waals surface area contributed by atoms with Crippen molar-refractivity contribution < 1.29 is 9.66 Å². The lowest BCUT2D eigenvalue weighted by Crippen LogP contribution is -2.18. The third-order valence-electron chi connectivity index (χ3n) is 4.19. The van der Waals surface area contributed by atoms with E-state index < -0.39 is 4.92 Å². The van der Waals surface area contributed by atoms with Crippen LogP contribution in [0, 0.1) is 24.0 Å². The maximum Gasteiger partial charge on any atom is 0.298 e. The average Bonchev–Trinajstić information content (AvgIpc) is 2.94. The van der Waals surface area contributed by atoms with E-state index in [1.54, 1.807) is 13.0 Å². The first-order valence-electron chi connectivity index (χ1n) is 8.16. The quantitative estimate of drug-likeness (QED) is 0.424. The van der Waals surface area contributed by atoms with E-state index >= 15 is 0 Å². The summed E-state index contributed by atoms with van der Waals surface area (Å²) in [6.45, 7) is 3.66. The molecule has 0 fully saturated rings. The summed E-state index contributed by atoms with van der Waals surface area (Å²) in [5.74, 6) is 0.361. The fraction of sp³-hybridized carbons (Fsp3) is 0.158. The highest BCUT2D eigenvalue weighted by molar-refractivity contribution is 5.84. The largest absolute Gasteiger partial charge is 0.496 e. The Morgan fingerprint density at radius 2 is 1.96 bits per heavy atom. The van der Waals surface area contributed by atoms with Gasteiger partial charge in [-0.3, -0.25) is 20.0 Å². The number of benzene rings is 2. The summed E-state index contributed by atoms with van der Waals surface area (Å²) in [5, 5.41) is 14.3. The van der Waals surface area contributed by atoms with Gasteiger partial charge in [0.25, 0.3) is 11.2 Å². The number of nitro groups is 1. The van der Waals surface area contributed by atoms with Crippen LogP contribution in [-0.4, -0.2) is 28.0 Å². The van der Waals surface area contributed by atoms with Crippen LogP contribution < -0.4 is 10.3 Å². The zero-order valence-corrected chi connectivity index (χ0v) is 15.1. The van der Waals surface area contributed by atoms with Crippen molar-refractivity contribution in [3.8, 4) is 11.4 Å². The molecule has 1 heterocycles. The number of aromatic amines is 1. The molecule has 1 aromatic heterocycles. The van der Waals surface area contributed by atoms with Crippen LogP contribution in [0.2, 0.25) is 0 Å². The molecule has 8 nitrogen and oxygen atoms in total. The number of aromatic nitrogens is 2. The van der Waals surface area contributed by atoms with Crippen LogP contribution in [0.4, 0.5) is 11.4 Å². The number of rotatable bonds is 5. The van der Waals surface area contributed by atoms with E-state index in [1.807, 2.05) is 31.2 Å². The molecular weight excluding hydrogens is 348 g/mol. The first-order chi connectivity index (χ1) is 12.9. The number of nitro benzene ring substituents is 1. The molecule has 3 rings (SSSR count). The molecule has 0 atom stereocenters.